The number of piperazine rings is 1. The van der Waals surface area contributed by atoms with Crippen molar-refractivity contribution in [3.8, 4) is 5.69 Å². The van der Waals surface area contributed by atoms with E-state index in [1.807, 2.05) is 52.9 Å². The monoisotopic (exact) mass is 492 g/mol. The summed E-state index contributed by atoms with van der Waals surface area (Å²) in [5.41, 5.74) is 4.53. The molecule has 1 amide bonds. The molecular formula is C30H28N4OS. The van der Waals surface area contributed by atoms with Crippen molar-refractivity contribution >= 4 is 27.5 Å². The minimum Gasteiger partial charge on any atom is -0.335 e. The average Bonchev–Trinajstić information content (AvgIpc) is 3.51. The van der Waals surface area contributed by atoms with Crippen LogP contribution in [0.4, 0.5) is 0 Å². The lowest BCUT2D eigenvalue weighted by Gasteiger charge is -2.39. The highest BCUT2D eigenvalue weighted by Gasteiger charge is 2.29. The van der Waals surface area contributed by atoms with Crippen molar-refractivity contribution in [2.24, 2.45) is 0 Å². The van der Waals surface area contributed by atoms with Gasteiger partial charge >= 0.3 is 0 Å². The first-order valence-corrected chi connectivity index (χ1v) is 13.2. The van der Waals surface area contributed by atoms with Gasteiger partial charge in [-0.3, -0.25) is 9.69 Å². The van der Waals surface area contributed by atoms with E-state index in [0.717, 1.165) is 39.6 Å². The van der Waals surface area contributed by atoms with Gasteiger partial charge in [0.15, 0.2) is 0 Å². The SMILES string of the molecule is Cc1nn(-c2ccccc2)c2sc(C(=O)N3CCN(C(c4ccccc4)c4ccccc4)CC3)cc12. The molecule has 180 valence electrons. The number of fused-ring (bicyclic) bond motifs is 1. The Labute approximate surface area is 215 Å². The van der Waals surface area contributed by atoms with Crippen molar-refractivity contribution in [1.82, 2.24) is 19.6 Å². The van der Waals surface area contributed by atoms with E-state index in [0.29, 0.717) is 13.1 Å². The molecular weight excluding hydrogens is 464 g/mol. The summed E-state index contributed by atoms with van der Waals surface area (Å²) in [6.07, 6.45) is 0. The lowest BCUT2D eigenvalue weighted by Crippen LogP contribution is -2.49. The Morgan fingerprint density at radius 3 is 1.94 bits per heavy atom. The van der Waals surface area contributed by atoms with Gasteiger partial charge in [0, 0.05) is 31.6 Å². The summed E-state index contributed by atoms with van der Waals surface area (Å²) >= 11 is 1.54. The summed E-state index contributed by atoms with van der Waals surface area (Å²) in [5.74, 6) is 0.117. The molecule has 3 heterocycles. The van der Waals surface area contributed by atoms with Crippen LogP contribution >= 0.6 is 11.3 Å². The van der Waals surface area contributed by atoms with E-state index in [-0.39, 0.29) is 11.9 Å². The Kier molecular flexibility index (Phi) is 6.13. The standard InChI is InChI=1S/C30H28N4OS/c1-22-26-21-27(36-30(26)34(31-22)25-15-9-4-10-16-25)29(35)33-19-17-32(18-20-33)28(23-11-5-2-6-12-23)24-13-7-3-8-14-24/h2-16,21,28H,17-20H2,1H3. The molecule has 0 aliphatic carbocycles. The van der Waals surface area contributed by atoms with Gasteiger partial charge in [-0.2, -0.15) is 5.10 Å². The van der Waals surface area contributed by atoms with Crippen molar-refractivity contribution in [3.63, 3.8) is 0 Å². The van der Waals surface area contributed by atoms with Gasteiger partial charge in [0.25, 0.3) is 5.91 Å². The van der Waals surface area contributed by atoms with Gasteiger partial charge in [0.05, 0.1) is 22.3 Å². The third-order valence-corrected chi connectivity index (χ3v) is 8.05. The lowest BCUT2D eigenvalue weighted by atomic mass is 9.96. The minimum absolute atomic E-state index is 0.117. The number of hydrogen-bond acceptors (Lipinski definition) is 4. The summed E-state index contributed by atoms with van der Waals surface area (Å²) in [4.78, 5) is 19.8. The quantitative estimate of drug-likeness (QED) is 0.305. The highest BCUT2D eigenvalue weighted by atomic mass is 32.1. The Morgan fingerprint density at radius 2 is 1.36 bits per heavy atom. The molecule has 0 spiro atoms. The Morgan fingerprint density at radius 1 is 0.806 bits per heavy atom. The van der Waals surface area contributed by atoms with Gasteiger partial charge in [-0.1, -0.05) is 78.9 Å². The number of carbonyl (C=O) groups is 1. The fourth-order valence-electron chi connectivity index (χ4n) is 5.12. The zero-order valence-electron chi connectivity index (χ0n) is 20.2. The van der Waals surface area contributed by atoms with E-state index in [1.54, 1.807) is 0 Å². The number of carbonyl (C=O) groups excluding carboxylic acids is 1. The summed E-state index contributed by atoms with van der Waals surface area (Å²) < 4.78 is 1.95. The van der Waals surface area contributed by atoms with E-state index in [2.05, 4.69) is 65.6 Å². The number of aryl methyl sites for hydroxylation is 1. The molecule has 5 nitrogen and oxygen atoms in total. The maximum Gasteiger partial charge on any atom is 0.264 e. The predicted octanol–water partition coefficient (Wildman–Crippen LogP) is 5.94. The van der Waals surface area contributed by atoms with Crippen LogP contribution in [-0.2, 0) is 0 Å². The number of thiophene rings is 1. The molecule has 1 aliphatic heterocycles. The molecule has 1 saturated heterocycles. The topological polar surface area (TPSA) is 41.4 Å². The summed E-state index contributed by atoms with van der Waals surface area (Å²) in [6.45, 7) is 5.11. The van der Waals surface area contributed by atoms with E-state index < -0.39 is 0 Å². The van der Waals surface area contributed by atoms with E-state index >= 15 is 0 Å². The summed E-state index contributed by atoms with van der Waals surface area (Å²) in [6, 6.07) is 33.6. The van der Waals surface area contributed by atoms with Gasteiger partial charge in [0.1, 0.15) is 4.83 Å². The third-order valence-electron chi connectivity index (χ3n) is 6.95. The molecule has 0 radical (unpaired) electrons. The van der Waals surface area contributed by atoms with Gasteiger partial charge in [-0.05, 0) is 36.2 Å². The molecule has 0 atom stereocenters. The molecule has 1 fully saturated rings. The second kappa shape index (κ2) is 9.72. The molecule has 1 aliphatic rings. The van der Waals surface area contributed by atoms with Gasteiger partial charge in [-0.15, -0.1) is 11.3 Å². The van der Waals surface area contributed by atoms with Crippen LogP contribution in [0.15, 0.2) is 97.1 Å². The molecule has 2 aromatic heterocycles. The van der Waals surface area contributed by atoms with Crippen LogP contribution in [0.3, 0.4) is 0 Å². The highest BCUT2D eigenvalue weighted by molar-refractivity contribution is 7.20. The van der Waals surface area contributed by atoms with Crippen LogP contribution in [0.25, 0.3) is 15.9 Å². The van der Waals surface area contributed by atoms with Crippen LogP contribution < -0.4 is 0 Å². The van der Waals surface area contributed by atoms with Gasteiger partial charge in [-0.25, -0.2) is 4.68 Å². The van der Waals surface area contributed by atoms with Crippen LogP contribution in [0.5, 0.6) is 0 Å². The largest absolute Gasteiger partial charge is 0.335 e. The molecule has 5 aromatic rings. The number of hydrogen-bond donors (Lipinski definition) is 0. The molecule has 0 unspecified atom stereocenters. The van der Waals surface area contributed by atoms with Crippen molar-refractivity contribution in [2.45, 2.75) is 13.0 Å². The number of nitrogens with zero attached hydrogens (tertiary/aromatic N) is 4. The van der Waals surface area contributed by atoms with Crippen molar-refractivity contribution in [3.05, 3.63) is 119 Å². The molecule has 3 aromatic carbocycles. The summed E-state index contributed by atoms with van der Waals surface area (Å²) in [5, 5.41) is 5.77. The van der Waals surface area contributed by atoms with Crippen molar-refractivity contribution in [1.29, 1.82) is 0 Å². The number of benzene rings is 3. The fourth-order valence-corrected chi connectivity index (χ4v) is 6.27. The molecule has 0 saturated carbocycles. The van der Waals surface area contributed by atoms with Crippen molar-refractivity contribution < 1.29 is 4.79 Å². The van der Waals surface area contributed by atoms with Crippen molar-refractivity contribution in [2.75, 3.05) is 26.2 Å². The van der Waals surface area contributed by atoms with Crippen LogP contribution in [0.1, 0.15) is 32.5 Å². The van der Waals surface area contributed by atoms with Gasteiger partial charge in [0.2, 0.25) is 0 Å². The second-order valence-corrected chi connectivity index (χ2v) is 10.2. The number of aromatic nitrogens is 2. The summed E-state index contributed by atoms with van der Waals surface area (Å²) in [7, 11) is 0. The molecule has 6 rings (SSSR count). The maximum absolute atomic E-state index is 13.5. The molecule has 6 heteroatoms. The third kappa shape index (κ3) is 4.23. The molecule has 0 N–H and O–H groups in total. The predicted molar refractivity (Wildman–Crippen MR) is 146 cm³/mol. The van der Waals surface area contributed by atoms with E-state index in [1.165, 1.54) is 22.5 Å². The Balaban J connectivity index is 1.22. The maximum atomic E-state index is 13.5. The first-order valence-electron chi connectivity index (χ1n) is 12.4. The number of para-hydroxylation sites is 1. The molecule has 0 bridgehead atoms. The first kappa shape index (κ1) is 22.7. The van der Waals surface area contributed by atoms with E-state index in [9.17, 15) is 4.79 Å². The van der Waals surface area contributed by atoms with Crippen LogP contribution in [0.2, 0.25) is 0 Å². The zero-order chi connectivity index (χ0) is 24.5. The molecule has 36 heavy (non-hydrogen) atoms. The lowest BCUT2D eigenvalue weighted by molar-refractivity contribution is 0.0602. The van der Waals surface area contributed by atoms with Gasteiger partial charge < -0.3 is 4.90 Å². The number of rotatable bonds is 5. The van der Waals surface area contributed by atoms with Crippen LogP contribution in [-0.4, -0.2) is 51.7 Å². The average molecular weight is 493 g/mol. The highest BCUT2D eigenvalue weighted by Crippen LogP contribution is 2.33. The zero-order valence-corrected chi connectivity index (χ0v) is 21.1. The first-order chi connectivity index (χ1) is 17.7. The van der Waals surface area contributed by atoms with E-state index in [4.69, 9.17) is 5.10 Å². The Bertz CT molecular complexity index is 1430. The smallest absolute Gasteiger partial charge is 0.264 e. The normalized spacial score (nSPS) is 14.6. The second-order valence-electron chi connectivity index (χ2n) is 9.21. The Hall–Kier alpha value is -3.74. The number of amides is 1. The fraction of sp³-hybridized carbons (Fsp3) is 0.200. The van der Waals surface area contributed by atoms with Crippen LogP contribution in [0, 0.1) is 6.92 Å². The minimum atomic E-state index is 0.117.